The predicted octanol–water partition coefficient (Wildman–Crippen LogP) is 6.22. The Labute approximate surface area is 197 Å². The van der Waals surface area contributed by atoms with Crippen molar-refractivity contribution in [2.45, 2.75) is 32.2 Å². The third-order valence-electron chi connectivity index (χ3n) is 6.15. The zero-order valence-corrected chi connectivity index (χ0v) is 20.3. The quantitative estimate of drug-likeness (QED) is 0.222. The first-order valence-electron chi connectivity index (χ1n) is 10.8. The standard InChI is InChI=1S/C20H16NS.C7H8O3S/c1-3-21-12(2)22-20-16-10-6-9-15-13-7-4-5-8-14(13)17(19(15)16)11-18(20)21;1-6-2-4-7(5-3-6)11(8,9)10/h4-11H,3H2,1-2H3;2-5H,1H3,(H,8,9,10)/q+1;/p-1. The largest absolute Gasteiger partial charge is 0.744 e. The Morgan fingerprint density at radius 2 is 1.48 bits per heavy atom. The lowest BCUT2D eigenvalue weighted by atomic mass is 10.0. The Bertz CT molecular complexity index is 1630. The van der Waals surface area contributed by atoms with Crippen molar-refractivity contribution in [3.63, 3.8) is 0 Å². The van der Waals surface area contributed by atoms with E-state index in [-0.39, 0.29) is 4.90 Å². The third-order valence-corrected chi connectivity index (χ3v) is 8.14. The second-order valence-electron chi connectivity index (χ2n) is 8.18. The summed E-state index contributed by atoms with van der Waals surface area (Å²) in [6.07, 6.45) is 0. The van der Waals surface area contributed by atoms with E-state index in [0.717, 1.165) is 12.1 Å². The number of hydrogen-bond donors (Lipinski definition) is 0. The molecule has 4 nitrogen and oxygen atoms in total. The highest BCUT2D eigenvalue weighted by Crippen LogP contribution is 2.49. The molecule has 5 aromatic rings. The number of fused-ring (bicyclic) bond motifs is 5. The predicted molar refractivity (Wildman–Crippen MR) is 134 cm³/mol. The van der Waals surface area contributed by atoms with Gasteiger partial charge in [0.1, 0.15) is 21.4 Å². The van der Waals surface area contributed by atoms with Crippen LogP contribution in [0.25, 0.3) is 43.2 Å². The smallest absolute Gasteiger partial charge is 0.235 e. The normalized spacial score (nSPS) is 12.0. The molecule has 0 bridgehead atoms. The summed E-state index contributed by atoms with van der Waals surface area (Å²) in [5.41, 5.74) is 7.84. The maximum absolute atomic E-state index is 10.4. The van der Waals surface area contributed by atoms with Gasteiger partial charge in [-0.3, -0.25) is 0 Å². The van der Waals surface area contributed by atoms with Crippen molar-refractivity contribution in [3.8, 4) is 22.3 Å². The Morgan fingerprint density at radius 3 is 2.12 bits per heavy atom. The topological polar surface area (TPSA) is 61.1 Å². The molecule has 0 N–H and O–H groups in total. The van der Waals surface area contributed by atoms with E-state index in [1.165, 1.54) is 60.4 Å². The van der Waals surface area contributed by atoms with E-state index in [1.54, 1.807) is 12.1 Å². The van der Waals surface area contributed by atoms with E-state index in [0.29, 0.717) is 0 Å². The van der Waals surface area contributed by atoms with Crippen LogP contribution in [0.1, 0.15) is 17.5 Å². The first-order valence-corrected chi connectivity index (χ1v) is 13.0. The molecule has 6 heteroatoms. The van der Waals surface area contributed by atoms with Crippen LogP contribution < -0.4 is 4.57 Å². The number of thiazole rings is 1. The minimum atomic E-state index is -4.27. The van der Waals surface area contributed by atoms with Gasteiger partial charge in [0.25, 0.3) is 0 Å². The van der Waals surface area contributed by atoms with Crippen LogP contribution in [-0.4, -0.2) is 13.0 Å². The van der Waals surface area contributed by atoms with E-state index in [9.17, 15) is 13.0 Å². The van der Waals surface area contributed by atoms with E-state index in [2.05, 4.69) is 66.9 Å². The minimum Gasteiger partial charge on any atom is -0.744 e. The van der Waals surface area contributed by atoms with Gasteiger partial charge in [-0.25, -0.2) is 8.42 Å². The summed E-state index contributed by atoms with van der Waals surface area (Å²) in [5, 5.41) is 4.22. The van der Waals surface area contributed by atoms with Gasteiger partial charge in [0, 0.05) is 18.4 Å². The zero-order chi connectivity index (χ0) is 23.3. The van der Waals surface area contributed by atoms with Crippen molar-refractivity contribution >= 4 is 42.4 Å². The molecule has 0 unspecified atom stereocenters. The third kappa shape index (κ3) is 3.64. The molecule has 166 valence electrons. The van der Waals surface area contributed by atoms with E-state index < -0.39 is 10.1 Å². The van der Waals surface area contributed by atoms with Gasteiger partial charge in [0.2, 0.25) is 10.5 Å². The molecule has 1 aliphatic carbocycles. The lowest BCUT2D eigenvalue weighted by molar-refractivity contribution is -0.669. The number of benzene rings is 4. The molecular weight excluding hydrogens is 450 g/mol. The van der Waals surface area contributed by atoms with Gasteiger partial charge in [-0.2, -0.15) is 4.57 Å². The minimum absolute atomic E-state index is 0.178. The maximum atomic E-state index is 10.4. The van der Waals surface area contributed by atoms with Gasteiger partial charge >= 0.3 is 0 Å². The summed E-state index contributed by atoms with van der Waals surface area (Å²) < 4.78 is 35.0. The molecule has 1 aliphatic rings. The molecule has 6 rings (SSSR count). The van der Waals surface area contributed by atoms with Gasteiger partial charge in [-0.05, 0) is 53.6 Å². The maximum Gasteiger partial charge on any atom is 0.235 e. The van der Waals surface area contributed by atoms with Gasteiger partial charge in [-0.15, -0.1) is 0 Å². The Balaban J connectivity index is 0.000000177. The molecule has 0 amide bonds. The first-order chi connectivity index (χ1) is 15.8. The van der Waals surface area contributed by atoms with Gasteiger partial charge in [0.15, 0.2) is 0 Å². The van der Waals surface area contributed by atoms with Crippen LogP contribution in [0.15, 0.2) is 77.7 Å². The van der Waals surface area contributed by atoms with Gasteiger partial charge in [0.05, 0.1) is 4.90 Å². The van der Waals surface area contributed by atoms with E-state index >= 15 is 0 Å². The molecule has 0 saturated heterocycles. The molecule has 1 aromatic heterocycles. The summed E-state index contributed by atoms with van der Waals surface area (Å²) in [5.74, 6) is 0. The fraction of sp³-hybridized carbons (Fsp3) is 0.148. The van der Waals surface area contributed by atoms with E-state index in [4.69, 9.17) is 0 Å². The van der Waals surface area contributed by atoms with Crippen molar-refractivity contribution < 1.29 is 17.5 Å². The van der Waals surface area contributed by atoms with Crippen LogP contribution in [0.3, 0.4) is 0 Å². The monoisotopic (exact) mass is 473 g/mol. The van der Waals surface area contributed by atoms with Crippen LogP contribution in [0.5, 0.6) is 0 Å². The molecule has 0 spiro atoms. The fourth-order valence-corrected chi connectivity index (χ4v) is 6.27. The molecule has 4 aromatic carbocycles. The highest BCUT2D eigenvalue weighted by molar-refractivity contribution is 7.85. The molecule has 0 saturated carbocycles. The number of aryl methyl sites for hydroxylation is 3. The number of nitrogens with zero attached hydrogens (tertiary/aromatic N) is 1. The van der Waals surface area contributed by atoms with Crippen LogP contribution >= 0.6 is 11.3 Å². The van der Waals surface area contributed by atoms with E-state index in [1.807, 2.05) is 18.3 Å². The van der Waals surface area contributed by atoms with Crippen LogP contribution in [0.4, 0.5) is 0 Å². The number of aromatic nitrogens is 1. The van der Waals surface area contributed by atoms with Gasteiger partial charge < -0.3 is 4.55 Å². The Kier molecular flexibility index (Phi) is 5.32. The lowest BCUT2D eigenvalue weighted by Crippen LogP contribution is -2.33. The second kappa shape index (κ2) is 8.06. The summed E-state index contributed by atoms with van der Waals surface area (Å²) >= 11 is 1.92. The van der Waals surface area contributed by atoms with Crippen molar-refractivity contribution in [1.29, 1.82) is 0 Å². The van der Waals surface area contributed by atoms with Crippen LogP contribution in [0, 0.1) is 13.8 Å². The Morgan fingerprint density at radius 1 is 0.848 bits per heavy atom. The number of hydrogen-bond acceptors (Lipinski definition) is 4. The molecule has 0 radical (unpaired) electrons. The van der Waals surface area contributed by atoms with Crippen molar-refractivity contribution in [1.82, 2.24) is 0 Å². The molecule has 33 heavy (non-hydrogen) atoms. The molecule has 0 fully saturated rings. The van der Waals surface area contributed by atoms with Crippen molar-refractivity contribution in [2.24, 2.45) is 0 Å². The SMILES string of the molecule is CC[n+]1c(C)sc2c3cccc4c3c(cc21)-c1ccccc1-4.Cc1ccc(S(=O)(=O)[O-])cc1. The summed E-state index contributed by atoms with van der Waals surface area (Å²) in [6, 6.07) is 23.7. The average Bonchev–Trinajstić information content (AvgIpc) is 3.30. The summed E-state index contributed by atoms with van der Waals surface area (Å²) in [7, 11) is -4.27. The molecular formula is C27H23NO3S2. The highest BCUT2D eigenvalue weighted by Gasteiger charge is 2.26. The molecule has 0 aliphatic heterocycles. The average molecular weight is 474 g/mol. The second-order valence-corrected chi connectivity index (χ2v) is 10.8. The summed E-state index contributed by atoms with van der Waals surface area (Å²) in [6.45, 7) is 7.30. The fourth-order valence-electron chi connectivity index (χ4n) is 4.61. The lowest BCUT2D eigenvalue weighted by Gasteiger charge is -2.05. The molecule has 0 atom stereocenters. The van der Waals surface area contributed by atoms with Crippen LogP contribution in [-0.2, 0) is 16.7 Å². The molecule has 1 heterocycles. The zero-order valence-electron chi connectivity index (χ0n) is 18.6. The highest BCUT2D eigenvalue weighted by atomic mass is 32.2. The first kappa shape index (κ1) is 21.8. The summed E-state index contributed by atoms with van der Waals surface area (Å²) in [4.78, 5) is -0.178. The number of rotatable bonds is 2. The van der Waals surface area contributed by atoms with Gasteiger partial charge in [-0.1, -0.05) is 71.5 Å². The van der Waals surface area contributed by atoms with Crippen LogP contribution in [0.2, 0.25) is 0 Å². The van der Waals surface area contributed by atoms with Crippen molar-refractivity contribution in [2.75, 3.05) is 0 Å². The Hall–Kier alpha value is -3.06. The van der Waals surface area contributed by atoms with Crippen molar-refractivity contribution in [3.05, 3.63) is 83.4 Å².